The molecule has 0 aromatic carbocycles. The van der Waals surface area contributed by atoms with Crippen LogP contribution in [0.5, 0.6) is 0 Å². The zero-order valence-corrected chi connectivity index (χ0v) is 13.7. The molecule has 1 amide bonds. The average molecular weight is 307 g/mol. The van der Waals surface area contributed by atoms with Gasteiger partial charge in [0, 0.05) is 18.3 Å². The van der Waals surface area contributed by atoms with E-state index in [1.807, 2.05) is 23.7 Å². The van der Waals surface area contributed by atoms with Crippen LogP contribution >= 0.6 is 24.2 Å². The maximum Gasteiger partial charge on any atom is 0.236 e. The van der Waals surface area contributed by atoms with E-state index in [4.69, 9.17) is 0 Å². The van der Waals surface area contributed by atoms with Crippen LogP contribution in [0.2, 0.25) is 0 Å². The third kappa shape index (κ3) is 5.52. The fraction of sp³-hybridized carbons (Fsp3) is 0.929. The van der Waals surface area contributed by atoms with E-state index < -0.39 is 0 Å². The Morgan fingerprint density at radius 3 is 2.68 bits per heavy atom. The first-order chi connectivity index (χ1) is 8.70. The number of hydrogen-bond acceptors (Lipinski definition) is 3. The summed E-state index contributed by atoms with van der Waals surface area (Å²) >= 11 is 2.05. The van der Waals surface area contributed by atoms with Crippen LogP contribution in [0.25, 0.3) is 0 Å². The van der Waals surface area contributed by atoms with Gasteiger partial charge in [-0.3, -0.25) is 4.79 Å². The molecule has 5 heteroatoms. The Hall–Kier alpha value is 0.0700. The molecular weight excluding hydrogens is 280 g/mol. The fourth-order valence-corrected chi connectivity index (χ4v) is 3.82. The molecule has 2 aliphatic carbocycles. The lowest BCUT2D eigenvalue weighted by Gasteiger charge is -2.25. The zero-order valence-electron chi connectivity index (χ0n) is 12.1. The summed E-state index contributed by atoms with van der Waals surface area (Å²) < 4.78 is 0. The summed E-state index contributed by atoms with van der Waals surface area (Å²) in [5.74, 6) is 2.31. The molecule has 0 aliphatic heterocycles. The molecule has 3 nitrogen and oxygen atoms in total. The van der Waals surface area contributed by atoms with Crippen LogP contribution in [0.4, 0.5) is 0 Å². The largest absolute Gasteiger partial charge is 0.342 e. The molecule has 19 heavy (non-hydrogen) atoms. The van der Waals surface area contributed by atoms with Crippen molar-refractivity contribution in [2.75, 3.05) is 25.9 Å². The van der Waals surface area contributed by atoms with E-state index in [9.17, 15) is 4.79 Å². The number of hydrogen-bond donors (Lipinski definition) is 1. The second-order valence-electron chi connectivity index (χ2n) is 5.62. The maximum atomic E-state index is 12.1. The van der Waals surface area contributed by atoms with Gasteiger partial charge < -0.3 is 10.2 Å². The maximum absolute atomic E-state index is 12.1. The van der Waals surface area contributed by atoms with E-state index in [0.29, 0.717) is 12.6 Å². The predicted octanol–water partition coefficient (Wildman–Crippen LogP) is 2.54. The summed E-state index contributed by atoms with van der Waals surface area (Å²) in [4.78, 5) is 14.0. The van der Waals surface area contributed by atoms with Gasteiger partial charge >= 0.3 is 0 Å². The van der Waals surface area contributed by atoms with Gasteiger partial charge in [0.2, 0.25) is 5.91 Å². The highest BCUT2D eigenvalue weighted by atomic mass is 35.5. The number of nitrogens with zero attached hydrogens (tertiary/aromatic N) is 1. The Balaban J connectivity index is 0.00000180. The number of rotatable bonds is 7. The predicted molar refractivity (Wildman–Crippen MR) is 85.2 cm³/mol. The summed E-state index contributed by atoms with van der Waals surface area (Å²) in [7, 11) is 1.98. The zero-order chi connectivity index (χ0) is 13.0. The minimum Gasteiger partial charge on any atom is -0.342 e. The summed E-state index contributed by atoms with van der Waals surface area (Å²) in [6, 6.07) is 0.476. The van der Waals surface area contributed by atoms with Crippen molar-refractivity contribution in [3.63, 3.8) is 0 Å². The highest BCUT2D eigenvalue weighted by Crippen LogP contribution is 2.32. The molecule has 112 valence electrons. The van der Waals surface area contributed by atoms with Gasteiger partial charge in [0.05, 0.1) is 6.54 Å². The first-order valence-corrected chi connectivity index (χ1v) is 8.33. The van der Waals surface area contributed by atoms with Crippen LogP contribution in [0, 0.1) is 5.92 Å². The number of carbonyl (C=O) groups excluding carboxylic acids is 1. The molecule has 2 fully saturated rings. The number of thioether (sulfide) groups is 1. The summed E-state index contributed by atoms with van der Waals surface area (Å²) in [6.07, 6.45) is 6.33. The van der Waals surface area contributed by atoms with Crippen LogP contribution in [0.1, 0.15) is 39.0 Å². The van der Waals surface area contributed by atoms with Crippen LogP contribution < -0.4 is 5.32 Å². The Morgan fingerprint density at radius 2 is 2.05 bits per heavy atom. The van der Waals surface area contributed by atoms with Gasteiger partial charge in [0.25, 0.3) is 0 Å². The van der Waals surface area contributed by atoms with Crippen molar-refractivity contribution in [2.45, 2.75) is 50.3 Å². The quantitative estimate of drug-likeness (QED) is 0.784. The molecule has 0 spiro atoms. The van der Waals surface area contributed by atoms with Gasteiger partial charge in [-0.1, -0.05) is 6.92 Å². The molecule has 0 radical (unpaired) electrons. The van der Waals surface area contributed by atoms with Crippen molar-refractivity contribution in [2.24, 2.45) is 5.92 Å². The molecule has 2 saturated carbocycles. The average Bonchev–Trinajstić information content (AvgIpc) is 3.06. The number of carbonyl (C=O) groups is 1. The Bertz CT molecular complexity index is 287. The molecule has 0 aromatic heterocycles. The smallest absolute Gasteiger partial charge is 0.236 e. The van der Waals surface area contributed by atoms with Gasteiger partial charge in [-0.15, -0.1) is 12.4 Å². The summed E-state index contributed by atoms with van der Waals surface area (Å²) in [5.41, 5.74) is 0. The monoisotopic (exact) mass is 306 g/mol. The van der Waals surface area contributed by atoms with Gasteiger partial charge in [-0.2, -0.15) is 11.8 Å². The topological polar surface area (TPSA) is 32.3 Å². The van der Waals surface area contributed by atoms with Crippen molar-refractivity contribution >= 4 is 30.1 Å². The third-order valence-electron chi connectivity index (χ3n) is 4.11. The van der Waals surface area contributed by atoms with Crippen LogP contribution in [-0.2, 0) is 4.79 Å². The van der Waals surface area contributed by atoms with Crippen molar-refractivity contribution in [1.29, 1.82) is 0 Å². The van der Waals surface area contributed by atoms with E-state index in [0.717, 1.165) is 17.7 Å². The first-order valence-electron chi connectivity index (χ1n) is 7.28. The van der Waals surface area contributed by atoms with E-state index in [-0.39, 0.29) is 18.3 Å². The van der Waals surface area contributed by atoms with Crippen molar-refractivity contribution in [3.05, 3.63) is 0 Å². The van der Waals surface area contributed by atoms with Gasteiger partial charge in [-0.25, -0.2) is 0 Å². The first kappa shape index (κ1) is 17.1. The van der Waals surface area contributed by atoms with Gasteiger partial charge in [0.15, 0.2) is 0 Å². The van der Waals surface area contributed by atoms with Crippen LogP contribution in [-0.4, -0.2) is 48.0 Å². The van der Waals surface area contributed by atoms with Crippen LogP contribution in [0.3, 0.4) is 0 Å². The number of halogens is 1. The fourth-order valence-electron chi connectivity index (χ4n) is 2.69. The summed E-state index contributed by atoms with van der Waals surface area (Å²) in [5, 5.41) is 4.06. The molecule has 2 atom stereocenters. The molecule has 2 rings (SSSR count). The lowest BCUT2D eigenvalue weighted by Crippen LogP contribution is -2.41. The minimum absolute atomic E-state index is 0. The molecule has 0 saturated heterocycles. The Labute approximate surface area is 127 Å². The minimum atomic E-state index is 0. The molecule has 0 heterocycles. The van der Waals surface area contributed by atoms with Gasteiger partial charge in [-0.05, 0) is 50.3 Å². The SMILES string of the molecule is CCSC1CCC(N(C)C(=O)CNCC2CC2)C1.Cl. The highest BCUT2D eigenvalue weighted by molar-refractivity contribution is 7.99. The lowest BCUT2D eigenvalue weighted by molar-refractivity contribution is -0.130. The Morgan fingerprint density at radius 1 is 1.32 bits per heavy atom. The Kier molecular flexibility index (Phi) is 7.55. The lowest BCUT2D eigenvalue weighted by atomic mass is 10.2. The second-order valence-corrected chi connectivity index (χ2v) is 7.20. The van der Waals surface area contributed by atoms with E-state index in [2.05, 4.69) is 12.2 Å². The second kappa shape index (κ2) is 8.38. The summed E-state index contributed by atoms with van der Waals surface area (Å²) in [6.45, 7) is 3.77. The number of amides is 1. The number of likely N-dealkylation sites (N-methyl/N-ethyl adjacent to an activating group) is 1. The normalized spacial score (nSPS) is 26.0. The highest BCUT2D eigenvalue weighted by Gasteiger charge is 2.29. The molecule has 2 unspecified atom stereocenters. The van der Waals surface area contributed by atoms with Crippen molar-refractivity contribution in [3.8, 4) is 0 Å². The molecule has 0 aromatic rings. The third-order valence-corrected chi connectivity index (χ3v) is 5.34. The number of nitrogens with one attached hydrogen (secondary N) is 1. The van der Waals surface area contributed by atoms with Crippen LogP contribution in [0.15, 0.2) is 0 Å². The molecule has 0 bridgehead atoms. The van der Waals surface area contributed by atoms with E-state index >= 15 is 0 Å². The van der Waals surface area contributed by atoms with Gasteiger partial charge in [0.1, 0.15) is 0 Å². The van der Waals surface area contributed by atoms with E-state index in [1.165, 1.54) is 37.9 Å². The van der Waals surface area contributed by atoms with Crippen molar-refractivity contribution < 1.29 is 4.79 Å². The molecular formula is C14H27ClN2OS. The molecule has 1 N–H and O–H groups in total. The molecule has 2 aliphatic rings. The standard InChI is InChI=1S/C14H26N2OS.ClH/c1-3-18-13-7-6-12(8-13)16(2)14(17)10-15-9-11-4-5-11;/h11-13,15H,3-10H2,1-2H3;1H. The van der Waals surface area contributed by atoms with E-state index in [1.54, 1.807) is 0 Å². The van der Waals surface area contributed by atoms with Crippen molar-refractivity contribution in [1.82, 2.24) is 10.2 Å².